The fraction of sp³-hybridized carbons (Fsp3) is 0. The van der Waals surface area contributed by atoms with E-state index in [0.29, 0.717) is 16.4 Å². The SMILES string of the molecule is O=C(Nc1cccc(Cl)c1)c1cc(Br)ccn1. The van der Waals surface area contributed by atoms with Gasteiger partial charge in [0.2, 0.25) is 0 Å². The lowest BCUT2D eigenvalue weighted by Gasteiger charge is -2.04. The Hall–Kier alpha value is -1.39. The predicted molar refractivity (Wildman–Crippen MR) is 71.3 cm³/mol. The van der Waals surface area contributed by atoms with Crippen LogP contribution in [0.5, 0.6) is 0 Å². The van der Waals surface area contributed by atoms with Gasteiger partial charge in [0.15, 0.2) is 0 Å². The maximum atomic E-state index is 11.8. The van der Waals surface area contributed by atoms with Gasteiger partial charge in [-0.1, -0.05) is 33.6 Å². The van der Waals surface area contributed by atoms with Crippen LogP contribution in [0.3, 0.4) is 0 Å². The van der Waals surface area contributed by atoms with Gasteiger partial charge >= 0.3 is 0 Å². The summed E-state index contributed by atoms with van der Waals surface area (Å²) in [6, 6.07) is 10.4. The lowest BCUT2D eigenvalue weighted by Crippen LogP contribution is -2.13. The summed E-state index contributed by atoms with van der Waals surface area (Å²) in [6.07, 6.45) is 1.57. The molecule has 0 spiro atoms. The van der Waals surface area contributed by atoms with Crippen LogP contribution in [0.15, 0.2) is 47.1 Å². The minimum atomic E-state index is -0.270. The zero-order valence-corrected chi connectivity index (χ0v) is 11.0. The first-order chi connectivity index (χ1) is 8.15. The Labute approximate surface area is 112 Å². The highest BCUT2D eigenvalue weighted by Gasteiger charge is 2.07. The average molecular weight is 312 g/mol. The highest BCUT2D eigenvalue weighted by molar-refractivity contribution is 9.10. The monoisotopic (exact) mass is 310 g/mol. The summed E-state index contributed by atoms with van der Waals surface area (Å²) in [4.78, 5) is 15.8. The van der Waals surface area contributed by atoms with Crippen molar-refractivity contribution in [3.8, 4) is 0 Å². The molecule has 1 aromatic heterocycles. The number of nitrogens with one attached hydrogen (secondary N) is 1. The fourth-order valence-corrected chi connectivity index (χ4v) is 1.82. The standard InChI is InChI=1S/C12H8BrClN2O/c13-8-4-5-15-11(6-8)12(17)16-10-3-1-2-9(14)7-10/h1-7H,(H,16,17). The van der Waals surface area contributed by atoms with Gasteiger partial charge in [-0.05, 0) is 30.3 Å². The fourth-order valence-electron chi connectivity index (χ4n) is 1.29. The van der Waals surface area contributed by atoms with E-state index in [1.165, 1.54) is 0 Å². The number of nitrogens with zero attached hydrogens (tertiary/aromatic N) is 1. The molecule has 0 aliphatic carbocycles. The van der Waals surface area contributed by atoms with Crippen molar-refractivity contribution >= 4 is 39.1 Å². The number of carbonyl (C=O) groups is 1. The third-order valence-corrected chi connectivity index (χ3v) is 2.77. The van der Waals surface area contributed by atoms with E-state index in [0.717, 1.165) is 4.47 Å². The van der Waals surface area contributed by atoms with Crippen LogP contribution in [0.2, 0.25) is 5.02 Å². The molecule has 17 heavy (non-hydrogen) atoms. The van der Waals surface area contributed by atoms with Crippen LogP contribution in [0.25, 0.3) is 0 Å². The van der Waals surface area contributed by atoms with E-state index in [4.69, 9.17) is 11.6 Å². The molecule has 0 bridgehead atoms. The van der Waals surface area contributed by atoms with Gasteiger partial charge in [0, 0.05) is 21.4 Å². The number of halogens is 2. The number of benzene rings is 1. The summed E-state index contributed by atoms with van der Waals surface area (Å²) < 4.78 is 0.809. The number of anilines is 1. The first-order valence-corrected chi connectivity index (χ1v) is 6.01. The molecule has 2 aromatic rings. The van der Waals surface area contributed by atoms with Gasteiger partial charge in [-0.15, -0.1) is 0 Å². The topological polar surface area (TPSA) is 42.0 Å². The number of hydrogen-bond donors (Lipinski definition) is 1. The molecular weight excluding hydrogens is 304 g/mol. The molecule has 0 aliphatic heterocycles. The van der Waals surface area contributed by atoms with Crippen LogP contribution in [0.4, 0.5) is 5.69 Å². The highest BCUT2D eigenvalue weighted by Crippen LogP contribution is 2.16. The first kappa shape index (κ1) is 12.1. The van der Waals surface area contributed by atoms with Crippen molar-refractivity contribution in [2.75, 3.05) is 5.32 Å². The van der Waals surface area contributed by atoms with Crippen molar-refractivity contribution < 1.29 is 4.79 Å². The molecule has 1 aromatic carbocycles. The minimum Gasteiger partial charge on any atom is -0.321 e. The van der Waals surface area contributed by atoms with Gasteiger partial charge in [0.05, 0.1) is 0 Å². The van der Waals surface area contributed by atoms with Crippen LogP contribution < -0.4 is 5.32 Å². The van der Waals surface area contributed by atoms with Crippen LogP contribution in [-0.2, 0) is 0 Å². The van der Waals surface area contributed by atoms with E-state index in [1.54, 1.807) is 42.6 Å². The van der Waals surface area contributed by atoms with E-state index in [-0.39, 0.29) is 5.91 Å². The molecule has 0 fully saturated rings. The van der Waals surface area contributed by atoms with Gasteiger partial charge in [0.1, 0.15) is 5.69 Å². The van der Waals surface area contributed by atoms with Crippen LogP contribution in [0.1, 0.15) is 10.5 Å². The second-order valence-electron chi connectivity index (χ2n) is 3.32. The summed E-state index contributed by atoms with van der Waals surface area (Å²) in [7, 11) is 0. The quantitative estimate of drug-likeness (QED) is 0.918. The van der Waals surface area contributed by atoms with Crippen LogP contribution >= 0.6 is 27.5 Å². The summed E-state index contributed by atoms with van der Waals surface area (Å²) >= 11 is 9.11. The molecule has 0 saturated carbocycles. The largest absolute Gasteiger partial charge is 0.321 e. The van der Waals surface area contributed by atoms with Gasteiger partial charge in [0.25, 0.3) is 5.91 Å². The third kappa shape index (κ3) is 3.28. The molecule has 0 unspecified atom stereocenters. The third-order valence-electron chi connectivity index (χ3n) is 2.04. The molecular formula is C12H8BrClN2O. The number of hydrogen-bond acceptors (Lipinski definition) is 2. The molecule has 3 nitrogen and oxygen atoms in total. The lowest BCUT2D eigenvalue weighted by molar-refractivity contribution is 0.102. The van der Waals surface area contributed by atoms with Crippen molar-refractivity contribution in [3.05, 3.63) is 57.8 Å². The second kappa shape index (κ2) is 5.29. The van der Waals surface area contributed by atoms with E-state index < -0.39 is 0 Å². The summed E-state index contributed by atoms with van der Waals surface area (Å²) in [5.74, 6) is -0.270. The van der Waals surface area contributed by atoms with Crippen molar-refractivity contribution in [3.63, 3.8) is 0 Å². The molecule has 0 radical (unpaired) electrons. The van der Waals surface area contributed by atoms with E-state index >= 15 is 0 Å². The Kier molecular flexibility index (Phi) is 3.76. The van der Waals surface area contributed by atoms with Gasteiger partial charge in [-0.2, -0.15) is 0 Å². The molecule has 0 aliphatic rings. The van der Waals surface area contributed by atoms with E-state index in [9.17, 15) is 4.79 Å². The Bertz CT molecular complexity index is 560. The van der Waals surface area contributed by atoms with Crippen LogP contribution in [-0.4, -0.2) is 10.9 Å². The van der Waals surface area contributed by atoms with Gasteiger partial charge in [-0.3, -0.25) is 9.78 Å². The second-order valence-corrected chi connectivity index (χ2v) is 4.68. The Morgan fingerprint density at radius 1 is 1.29 bits per heavy atom. The molecule has 86 valence electrons. The Balaban J connectivity index is 2.17. The predicted octanol–water partition coefficient (Wildman–Crippen LogP) is 3.75. The van der Waals surface area contributed by atoms with Gasteiger partial charge < -0.3 is 5.32 Å². The van der Waals surface area contributed by atoms with Crippen molar-refractivity contribution in [1.29, 1.82) is 0 Å². The number of pyridine rings is 1. The Morgan fingerprint density at radius 2 is 2.12 bits per heavy atom. The van der Waals surface area contributed by atoms with Crippen LogP contribution in [0, 0.1) is 0 Å². The van der Waals surface area contributed by atoms with Gasteiger partial charge in [-0.25, -0.2) is 0 Å². The molecule has 1 N–H and O–H groups in total. The molecule has 1 heterocycles. The van der Waals surface area contributed by atoms with E-state index in [1.807, 2.05) is 0 Å². The first-order valence-electron chi connectivity index (χ1n) is 4.83. The Morgan fingerprint density at radius 3 is 2.82 bits per heavy atom. The molecule has 0 saturated heterocycles. The van der Waals surface area contributed by atoms with E-state index in [2.05, 4.69) is 26.2 Å². The smallest absolute Gasteiger partial charge is 0.274 e. The highest BCUT2D eigenvalue weighted by atomic mass is 79.9. The molecule has 1 amide bonds. The molecule has 2 rings (SSSR count). The van der Waals surface area contributed by atoms with Crippen molar-refractivity contribution in [1.82, 2.24) is 4.98 Å². The average Bonchev–Trinajstić information content (AvgIpc) is 2.29. The number of amides is 1. The number of rotatable bonds is 2. The summed E-state index contributed by atoms with van der Waals surface area (Å²) in [5.41, 5.74) is 0.989. The zero-order chi connectivity index (χ0) is 12.3. The zero-order valence-electron chi connectivity index (χ0n) is 8.65. The number of aromatic nitrogens is 1. The lowest BCUT2D eigenvalue weighted by atomic mass is 10.3. The maximum absolute atomic E-state index is 11.8. The number of carbonyl (C=O) groups excluding carboxylic acids is 1. The van der Waals surface area contributed by atoms with Crippen molar-refractivity contribution in [2.24, 2.45) is 0 Å². The molecule has 5 heteroatoms. The molecule has 0 atom stereocenters. The normalized spacial score (nSPS) is 10.0. The summed E-state index contributed by atoms with van der Waals surface area (Å²) in [6.45, 7) is 0. The summed E-state index contributed by atoms with van der Waals surface area (Å²) in [5, 5.41) is 3.29. The minimum absolute atomic E-state index is 0.270. The van der Waals surface area contributed by atoms with Crippen molar-refractivity contribution in [2.45, 2.75) is 0 Å². The maximum Gasteiger partial charge on any atom is 0.274 e.